The highest BCUT2D eigenvalue weighted by atomic mass is 15.6. The van der Waals surface area contributed by atoms with E-state index in [0.29, 0.717) is 17.3 Å². The van der Waals surface area contributed by atoms with Crippen LogP contribution in [0, 0.1) is 0 Å². The molecule has 3 aromatic carbocycles. The molecule has 1 aliphatic rings. The first-order valence-electron chi connectivity index (χ1n) is 10.00. The van der Waals surface area contributed by atoms with Gasteiger partial charge in [0.05, 0.1) is 17.1 Å². The molecule has 0 spiro atoms. The Morgan fingerprint density at radius 2 is 1.58 bits per heavy atom. The monoisotopic (exact) mass is 409 g/mol. The van der Waals surface area contributed by atoms with Gasteiger partial charge in [-0.25, -0.2) is 15.4 Å². The molecule has 0 saturated heterocycles. The summed E-state index contributed by atoms with van der Waals surface area (Å²) in [5.41, 5.74) is 27.8. The second-order valence-corrected chi connectivity index (χ2v) is 7.39. The fourth-order valence-electron chi connectivity index (χ4n) is 3.84. The third-order valence-electron chi connectivity index (χ3n) is 5.41. The van der Waals surface area contributed by atoms with Crippen LogP contribution in [0.2, 0.25) is 0 Å². The fourth-order valence-corrected chi connectivity index (χ4v) is 3.84. The van der Waals surface area contributed by atoms with E-state index in [2.05, 4.69) is 39.7 Å². The zero-order valence-corrected chi connectivity index (χ0v) is 16.8. The van der Waals surface area contributed by atoms with Crippen LogP contribution in [0.3, 0.4) is 0 Å². The Morgan fingerprint density at radius 3 is 2.39 bits per heavy atom. The van der Waals surface area contributed by atoms with Crippen LogP contribution in [-0.2, 0) is 0 Å². The van der Waals surface area contributed by atoms with Gasteiger partial charge in [0.15, 0.2) is 5.82 Å². The molecule has 0 saturated carbocycles. The van der Waals surface area contributed by atoms with Crippen molar-refractivity contribution in [2.45, 2.75) is 6.04 Å². The van der Waals surface area contributed by atoms with E-state index in [1.54, 1.807) is 5.01 Å². The predicted molar refractivity (Wildman–Crippen MR) is 123 cm³/mol. The maximum absolute atomic E-state index is 6.39. The first-order chi connectivity index (χ1) is 15.1. The molecule has 0 fully saturated rings. The van der Waals surface area contributed by atoms with E-state index in [0.717, 1.165) is 27.7 Å². The fraction of sp³-hybridized carbons (Fsp3) is 0.0417. The Morgan fingerprint density at radius 1 is 0.871 bits per heavy atom. The molecule has 4 aromatic rings. The zero-order chi connectivity index (χ0) is 21.4. The summed E-state index contributed by atoms with van der Waals surface area (Å²) in [5, 5.41) is 1.61. The number of para-hydroxylation sites is 2. The number of benzene rings is 3. The van der Waals surface area contributed by atoms with E-state index < -0.39 is 0 Å². The Kier molecular flexibility index (Phi) is 4.57. The molecule has 1 aliphatic heterocycles. The quantitative estimate of drug-likeness (QED) is 0.353. The number of nitrogens with zero attached hydrogens (tertiary/aromatic N) is 2. The summed E-state index contributed by atoms with van der Waals surface area (Å²) in [5.74, 6) is 1.26. The number of hydrogen-bond donors (Lipinski definition) is 5. The zero-order valence-electron chi connectivity index (χ0n) is 16.8. The lowest BCUT2D eigenvalue weighted by Gasteiger charge is -2.24. The van der Waals surface area contributed by atoms with Crippen LogP contribution in [0.1, 0.15) is 17.4 Å². The van der Waals surface area contributed by atoms with Gasteiger partial charge in [-0.3, -0.25) is 0 Å². The molecule has 7 nitrogen and oxygen atoms in total. The van der Waals surface area contributed by atoms with Gasteiger partial charge in [0.2, 0.25) is 0 Å². The molecule has 2 heterocycles. The van der Waals surface area contributed by atoms with Gasteiger partial charge in [-0.1, -0.05) is 66.7 Å². The van der Waals surface area contributed by atoms with Crippen LogP contribution >= 0.6 is 0 Å². The number of hydrazine groups is 1. The molecule has 1 atom stereocenters. The lowest BCUT2D eigenvalue weighted by atomic mass is 9.95. The molecular weight excluding hydrogens is 386 g/mol. The van der Waals surface area contributed by atoms with Crippen molar-refractivity contribution in [3.05, 3.63) is 108 Å². The highest BCUT2D eigenvalue weighted by Gasteiger charge is 2.27. The van der Waals surface area contributed by atoms with Crippen molar-refractivity contribution >= 4 is 16.7 Å². The Bertz CT molecular complexity index is 1270. The summed E-state index contributed by atoms with van der Waals surface area (Å²) in [6, 6.07) is 26.0. The molecule has 8 N–H and O–H groups in total. The molecule has 1 unspecified atom stereocenters. The Hall–Kier alpha value is -4.23. The SMILES string of the molecule is NC1=CC(c2ccccc2-c2ccccc2)NN1/C(N)=C(\N)c1nc2ccccc2[nH]1. The lowest BCUT2D eigenvalue weighted by molar-refractivity contribution is 0.314. The summed E-state index contributed by atoms with van der Waals surface area (Å²) >= 11 is 0. The summed E-state index contributed by atoms with van der Waals surface area (Å²) in [6.45, 7) is 0. The second kappa shape index (κ2) is 7.55. The standard InChI is InChI=1S/C24H23N7/c25-21-14-20(17-11-5-4-10-16(17)15-8-2-1-3-9-15)30-31(21)23(27)22(26)24-28-18-12-6-7-13-19(18)29-24/h1-14,20,30H,25-27H2,(H,28,29)/b23-22-. The van der Waals surface area contributed by atoms with E-state index in [-0.39, 0.29) is 11.9 Å². The van der Waals surface area contributed by atoms with Crippen molar-refractivity contribution in [3.8, 4) is 11.1 Å². The number of rotatable bonds is 4. The van der Waals surface area contributed by atoms with Crippen LogP contribution in [0.25, 0.3) is 27.9 Å². The van der Waals surface area contributed by atoms with E-state index in [1.165, 1.54) is 0 Å². The summed E-state index contributed by atoms with van der Waals surface area (Å²) < 4.78 is 0. The van der Waals surface area contributed by atoms with Gasteiger partial charge in [0.25, 0.3) is 0 Å². The number of hydrogen-bond acceptors (Lipinski definition) is 6. The average molecular weight is 409 g/mol. The first kappa shape index (κ1) is 18.8. The first-order valence-corrected chi connectivity index (χ1v) is 10.00. The van der Waals surface area contributed by atoms with Gasteiger partial charge in [-0.05, 0) is 34.9 Å². The number of nitrogens with two attached hydrogens (primary N) is 3. The van der Waals surface area contributed by atoms with Gasteiger partial charge < -0.3 is 22.2 Å². The maximum Gasteiger partial charge on any atom is 0.158 e. The van der Waals surface area contributed by atoms with Crippen molar-refractivity contribution in [2.24, 2.45) is 17.2 Å². The molecule has 1 aromatic heterocycles. The van der Waals surface area contributed by atoms with E-state index in [1.807, 2.05) is 60.7 Å². The number of aromatic nitrogens is 2. The van der Waals surface area contributed by atoms with E-state index in [9.17, 15) is 0 Å². The predicted octanol–water partition coefficient (Wildman–Crippen LogP) is 3.14. The highest BCUT2D eigenvalue weighted by molar-refractivity contribution is 5.78. The summed E-state index contributed by atoms with van der Waals surface area (Å²) in [4.78, 5) is 7.73. The molecule has 7 heteroatoms. The highest BCUT2D eigenvalue weighted by Crippen LogP contribution is 2.32. The van der Waals surface area contributed by atoms with Crippen molar-refractivity contribution < 1.29 is 0 Å². The minimum atomic E-state index is -0.154. The molecule has 154 valence electrons. The number of nitrogens with one attached hydrogen (secondary N) is 2. The van der Waals surface area contributed by atoms with Gasteiger partial charge >= 0.3 is 0 Å². The van der Waals surface area contributed by atoms with Crippen molar-refractivity contribution in [3.63, 3.8) is 0 Å². The van der Waals surface area contributed by atoms with Gasteiger partial charge in [0.1, 0.15) is 17.3 Å². The molecular formula is C24H23N7. The lowest BCUT2D eigenvalue weighted by Crippen LogP contribution is -2.40. The summed E-state index contributed by atoms with van der Waals surface area (Å²) in [6.07, 6.45) is 1.93. The minimum absolute atomic E-state index is 0.154. The molecule has 0 radical (unpaired) electrons. The van der Waals surface area contributed by atoms with E-state index in [4.69, 9.17) is 17.2 Å². The minimum Gasteiger partial charge on any atom is -0.393 e. The van der Waals surface area contributed by atoms with Crippen LogP contribution in [-0.4, -0.2) is 15.0 Å². The summed E-state index contributed by atoms with van der Waals surface area (Å²) in [7, 11) is 0. The molecule has 0 aliphatic carbocycles. The smallest absolute Gasteiger partial charge is 0.158 e. The molecule has 31 heavy (non-hydrogen) atoms. The van der Waals surface area contributed by atoms with Crippen molar-refractivity contribution in [1.82, 2.24) is 20.4 Å². The third-order valence-corrected chi connectivity index (χ3v) is 5.41. The van der Waals surface area contributed by atoms with Crippen LogP contribution in [0.4, 0.5) is 0 Å². The number of H-pyrrole nitrogens is 1. The largest absolute Gasteiger partial charge is 0.393 e. The Labute approximate surface area is 179 Å². The van der Waals surface area contributed by atoms with Crippen molar-refractivity contribution in [1.29, 1.82) is 0 Å². The average Bonchev–Trinajstić information content (AvgIpc) is 3.42. The third kappa shape index (κ3) is 3.37. The Balaban J connectivity index is 1.47. The molecule has 5 rings (SSSR count). The molecule has 0 bridgehead atoms. The van der Waals surface area contributed by atoms with Crippen LogP contribution in [0.15, 0.2) is 96.6 Å². The number of fused-ring (bicyclic) bond motifs is 1. The van der Waals surface area contributed by atoms with Crippen LogP contribution < -0.4 is 22.6 Å². The maximum atomic E-state index is 6.39. The topological polar surface area (TPSA) is 122 Å². The van der Waals surface area contributed by atoms with E-state index >= 15 is 0 Å². The number of aromatic amines is 1. The van der Waals surface area contributed by atoms with Crippen molar-refractivity contribution in [2.75, 3.05) is 0 Å². The second-order valence-electron chi connectivity index (χ2n) is 7.39. The van der Waals surface area contributed by atoms with Crippen LogP contribution in [0.5, 0.6) is 0 Å². The normalized spacial score (nSPS) is 17.0. The van der Waals surface area contributed by atoms with Gasteiger partial charge in [-0.15, -0.1) is 0 Å². The van der Waals surface area contributed by atoms with Gasteiger partial charge in [0, 0.05) is 0 Å². The number of imidazole rings is 1. The molecule has 0 amide bonds. The van der Waals surface area contributed by atoms with Gasteiger partial charge in [-0.2, -0.15) is 0 Å².